The van der Waals surface area contributed by atoms with Crippen LogP contribution in [-0.4, -0.2) is 26.8 Å². The number of nitrogens with zero attached hydrogens (tertiary/aromatic N) is 3. The molecule has 1 amide bonds. The summed E-state index contributed by atoms with van der Waals surface area (Å²) >= 11 is 3.31. The monoisotopic (exact) mass is 358 g/mol. The first kappa shape index (κ1) is 14.7. The van der Waals surface area contributed by atoms with E-state index in [2.05, 4.69) is 31.2 Å². The summed E-state index contributed by atoms with van der Waals surface area (Å²) in [5.41, 5.74) is 3.61. The van der Waals surface area contributed by atoms with Gasteiger partial charge in [0.15, 0.2) is 0 Å². The molecule has 0 saturated heterocycles. The number of hydrogen-bond acceptors (Lipinski definition) is 3. The van der Waals surface area contributed by atoms with Gasteiger partial charge in [-0.3, -0.25) is 9.78 Å². The van der Waals surface area contributed by atoms with E-state index in [-0.39, 0.29) is 5.91 Å². The number of nitrogens with one attached hydrogen (secondary N) is 1. The van der Waals surface area contributed by atoms with Crippen molar-refractivity contribution < 1.29 is 4.79 Å². The molecular weight excluding hydrogens is 344 g/mol. The van der Waals surface area contributed by atoms with Crippen LogP contribution in [0.1, 0.15) is 21.6 Å². The molecule has 0 atom stereocenters. The lowest BCUT2D eigenvalue weighted by atomic mass is 10.2. The topological polar surface area (TPSA) is 59.3 Å². The zero-order chi connectivity index (χ0) is 15.5. The lowest BCUT2D eigenvalue weighted by Crippen LogP contribution is -2.25. The summed E-state index contributed by atoms with van der Waals surface area (Å²) in [7, 11) is 0. The number of aryl methyl sites for hydroxylation is 1. The second-order valence-electron chi connectivity index (χ2n) is 5.10. The van der Waals surface area contributed by atoms with Gasteiger partial charge in [0.1, 0.15) is 5.65 Å². The van der Waals surface area contributed by atoms with Gasteiger partial charge in [0, 0.05) is 42.2 Å². The Kier molecular flexibility index (Phi) is 4.20. The summed E-state index contributed by atoms with van der Waals surface area (Å²) in [4.78, 5) is 20.5. The highest BCUT2D eigenvalue weighted by atomic mass is 79.9. The Hall–Kier alpha value is -2.21. The number of pyridine rings is 2. The fraction of sp³-hybridized carbons (Fsp3) is 0.188. The van der Waals surface area contributed by atoms with Crippen LogP contribution in [0.2, 0.25) is 0 Å². The van der Waals surface area contributed by atoms with Crippen LogP contribution >= 0.6 is 15.9 Å². The van der Waals surface area contributed by atoms with E-state index in [0.29, 0.717) is 18.5 Å². The highest BCUT2D eigenvalue weighted by molar-refractivity contribution is 9.10. The molecule has 112 valence electrons. The molecule has 3 aromatic rings. The maximum absolute atomic E-state index is 12.0. The third-order valence-electron chi connectivity index (χ3n) is 3.30. The van der Waals surface area contributed by atoms with E-state index in [9.17, 15) is 4.79 Å². The number of carbonyl (C=O) groups is 1. The highest BCUT2D eigenvalue weighted by Gasteiger charge is 2.07. The average Bonchev–Trinajstić information content (AvgIpc) is 2.89. The maximum Gasteiger partial charge on any atom is 0.252 e. The predicted molar refractivity (Wildman–Crippen MR) is 87.9 cm³/mol. The van der Waals surface area contributed by atoms with E-state index in [1.165, 1.54) is 5.56 Å². The molecule has 0 radical (unpaired) electrons. The zero-order valence-electron chi connectivity index (χ0n) is 12.1. The van der Waals surface area contributed by atoms with Crippen molar-refractivity contribution in [3.63, 3.8) is 0 Å². The molecule has 1 N–H and O–H groups in total. The molecule has 3 aromatic heterocycles. The quantitative estimate of drug-likeness (QED) is 0.779. The van der Waals surface area contributed by atoms with Gasteiger partial charge in [0.25, 0.3) is 5.91 Å². The Morgan fingerprint density at radius 3 is 3.05 bits per heavy atom. The van der Waals surface area contributed by atoms with Crippen LogP contribution in [0.4, 0.5) is 0 Å². The van der Waals surface area contributed by atoms with Gasteiger partial charge in [-0.25, -0.2) is 4.98 Å². The van der Waals surface area contributed by atoms with Gasteiger partial charge in [0.2, 0.25) is 0 Å². The van der Waals surface area contributed by atoms with Crippen molar-refractivity contribution >= 4 is 27.5 Å². The normalized spacial score (nSPS) is 10.8. The van der Waals surface area contributed by atoms with Crippen molar-refractivity contribution in [3.05, 3.63) is 64.3 Å². The van der Waals surface area contributed by atoms with Gasteiger partial charge < -0.3 is 9.72 Å². The third kappa shape index (κ3) is 3.33. The smallest absolute Gasteiger partial charge is 0.252 e. The first-order valence-corrected chi connectivity index (χ1v) is 7.74. The van der Waals surface area contributed by atoms with Crippen molar-refractivity contribution in [2.45, 2.75) is 13.3 Å². The Bertz CT molecular complexity index is 828. The average molecular weight is 359 g/mol. The number of hydrogen-bond donors (Lipinski definition) is 1. The van der Waals surface area contributed by atoms with Crippen LogP contribution in [-0.2, 0) is 6.42 Å². The number of fused-ring (bicyclic) bond motifs is 1. The Labute approximate surface area is 136 Å². The molecule has 6 heteroatoms. The van der Waals surface area contributed by atoms with Gasteiger partial charge in [-0.1, -0.05) is 0 Å². The van der Waals surface area contributed by atoms with E-state index >= 15 is 0 Å². The number of imidazole rings is 1. The van der Waals surface area contributed by atoms with E-state index in [1.54, 1.807) is 18.5 Å². The van der Waals surface area contributed by atoms with Gasteiger partial charge >= 0.3 is 0 Å². The second-order valence-corrected chi connectivity index (χ2v) is 6.02. The number of halogens is 1. The minimum atomic E-state index is -0.131. The van der Waals surface area contributed by atoms with Crippen molar-refractivity contribution in [1.29, 1.82) is 0 Å². The molecule has 0 spiro atoms. The van der Waals surface area contributed by atoms with E-state index < -0.39 is 0 Å². The molecule has 0 aliphatic carbocycles. The largest absolute Gasteiger partial charge is 0.352 e. The van der Waals surface area contributed by atoms with Gasteiger partial charge in [-0.15, -0.1) is 0 Å². The number of rotatable bonds is 4. The van der Waals surface area contributed by atoms with Crippen LogP contribution in [0, 0.1) is 6.92 Å². The van der Waals surface area contributed by atoms with Crippen molar-refractivity contribution in [2.75, 3.05) is 6.54 Å². The molecule has 0 aliphatic rings. The van der Waals surface area contributed by atoms with Crippen molar-refractivity contribution in [2.24, 2.45) is 0 Å². The summed E-state index contributed by atoms with van der Waals surface area (Å²) in [6.45, 7) is 2.58. The fourth-order valence-corrected chi connectivity index (χ4v) is 2.56. The maximum atomic E-state index is 12.0. The zero-order valence-corrected chi connectivity index (χ0v) is 13.7. The SMILES string of the molecule is Cc1ccn2cc(CCNC(=O)c3cncc(Br)c3)nc2c1. The number of amides is 1. The summed E-state index contributed by atoms with van der Waals surface area (Å²) in [6.07, 6.45) is 7.87. The second kappa shape index (κ2) is 6.27. The summed E-state index contributed by atoms with van der Waals surface area (Å²) in [6, 6.07) is 5.83. The molecule has 22 heavy (non-hydrogen) atoms. The van der Waals surface area contributed by atoms with Crippen LogP contribution in [0.15, 0.2) is 47.5 Å². The molecule has 3 heterocycles. The standard InChI is InChI=1S/C16H15BrN4O/c1-11-3-5-21-10-14(20-15(21)6-11)2-4-19-16(22)12-7-13(17)9-18-8-12/h3,5-10H,2,4H2,1H3,(H,19,22). The van der Waals surface area contributed by atoms with Crippen LogP contribution in [0.5, 0.6) is 0 Å². The van der Waals surface area contributed by atoms with Crippen LogP contribution in [0.25, 0.3) is 5.65 Å². The first-order chi connectivity index (χ1) is 10.6. The summed E-state index contributed by atoms with van der Waals surface area (Å²) < 4.78 is 2.78. The van der Waals surface area contributed by atoms with Crippen LogP contribution in [0.3, 0.4) is 0 Å². The molecule has 3 rings (SSSR count). The molecule has 5 nitrogen and oxygen atoms in total. The predicted octanol–water partition coefficient (Wildman–Crippen LogP) is 2.77. The van der Waals surface area contributed by atoms with Crippen molar-refractivity contribution in [1.82, 2.24) is 19.7 Å². The lowest BCUT2D eigenvalue weighted by molar-refractivity contribution is 0.0953. The Morgan fingerprint density at radius 2 is 2.23 bits per heavy atom. The fourth-order valence-electron chi connectivity index (χ4n) is 2.20. The minimum absolute atomic E-state index is 0.131. The number of carbonyl (C=O) groups excluding carboxylic acids is 1. The van der Waals surface area contributed by atoms with Gasteiger partial charge in [-0.2, -0.15) is 0 Å². The van der Waals surface area contributed by atoms with Gasteiger partial charge in [0.05, 0.1) is 11.3 Å². The molecule has 0 aromatic carbocycles. The minimum Gasteiger partial charge on any atom is -0.352 e. The van der Waals surface area contributed by atoms with E-state index in [0.717, 1.165) is 15.8 Å². The van der Waals surface area contributed by atoms with Crippen LogP contribution < -0.4 is 5.32 Å². The van der Waals surface area contributed by atoms with E-state index in [1.807, 2.05) is 35.9 Å². The summed E-state index contributed by atoms with van der Waals surface area (Å²) in [5.74, 6) is -0.131. The molecular formula is C16H15BrN4O. The lowest BCUT2D eigenvalue weighted by Gasteiger charge is -2.03. The molecule has 0 saturated carbocycles. The molecule has 0 unspecified atom stereocenters. The highest BCUT2D eigenvalue weighted by Crippen LogP contribution is 2.10. The Morgan fingerprint density at radius 1 is 1.36 bits per heavy atom. The van der Waals surface area contributed by atoms with E-state index in [4.69, 9.17) is 0 Å². The Balaban J connectivity index is 1.61. The van der Waals surface area contributed by atoms with Crippen molar-refractivity contribution in [3.8, 4) is 0 Å². The first-order valence-electron chi connectivity index (χ1n) is 6.95. The number of aromatic nitrogens is 3. The third-order valence-corrected chi connectivity index (χ3v) is 3.73. The molecule has 0 aliphatic heterocycles. The molecule has 0 fully saturated rings. The van der Waals surface area contributed by atoms with Gasteiger partial charge in [-0.05, 0) is 46.6 Å². The molecule has 0 bridgehead atoms. The summed E-state index contributed by atoms with van der Waals surface area (Å²) in [5, 5.41) is 2.88.